The van der Waals surface area contributed by atoms with Crippen LogP contribution in [0.3, 0.4) is 0 Å². The second kappa shape index (κ2) is 11.2. The molecule has 4 N–H and O–H groups in total. The number of rotatable bonds is 12. The first-order valence-corrected chi connectivity index (χ1v) is 10.2. The van der Waals surface area contributed by atoms with Gasteiger partial charge in [0.1, 0.15) is 19.5 Å². The molecule has 0 spiro atoms. The summed E-state index contributed by atoms with van der Waals surface area (Å²) >= 11 is 0. The van der Waals surface area contributed by atoms with Crippen LogP contribution in [0.15, 0.2) is 0 Å². The van der Waals surface area contributed by atoms with E-state index in [9.17, 15) is 0 Å². The zero-order valence-corrected chi connectivity index (χ0v) is 13.9. The van der Waals surface area contributed by atoms with Crippen LogP contribution in [0.5, 0.6) is 0 Å². The first kappa shape index (κ1) is 18.3. The minimum Gasteiger partial charge on any atom is -0.295 e. The molecule has 0 aromatic rings. The van der Waals surface area contributed by atoms with E-state index in [2.05, 4.69) is 37.8 Å². The predicted molar refractivity (Wildman–Crippen MR) is 86.4 cm³/mol. The van der Waals surface area contributed by atoms with E-state index in [1.807, 2.05) is 0 Å². The quantitative estimate of drug-likeness (QED) is 0.378. The first-order chi connectivity index (χ1) is 8.60. The fraction of sp³-hybridized carbons (Fsp3) is 1.00. The molecule has 0 aliphatic carbocycles. The summed E-state index contributed by atoms with van der Waals surface area (Å²) in [5, 5.41) is 7.38. The fourth-order valence-electron chi connectivity index (χ4n) is 2.00. The summed E-state index contributed by atoms with van der Waals surface area (Å²) in [5.41, 5.74) is 6.41. The lowest BCUT2D eigenvalue weighted by atomic mass is 10.3. The monoisotopic (exact) mass is 276 g/mol. The Bertz CT molecular complexity index is 190. The SMILES string of the molecule is CCCCNC[P+](C)(NCCCC)C(N)CCC. The average molecular weight is 276 g/mol. The van der Waals surface area contributed by atoms with Gasteiger partial charge in [0, 0.05) is 6.54 Å². The van der Waals surface area contributed by atoms with Crippen LogP contribution in [0.25, 0.3) is 0 Å². The maximum Gasteiger partial charge on any atom is 0.133 e. The molecule has 4 heteroatoms. The van der Waals surface area contributed by atoms with Gasteiger partial charge in [-0.2, -0.15) is 5.09 Å². The van der Waals surface area contributed by atoms with Gasteiger partial charge < -0.3 is 0 Å². The van der Waals surface area contributed by atoms with Crippen molar-refractivity contribution in [2.45, 2.75) is 65.1 Å². The number of nitrogens with two attached hydrogens (primary N) is 1. The lowest BCUT2D eigenvalue weighted by Crippen LogP contribution is -2.38. The van der Waals surface area contributed by atoms with E-state index in [4.69, 9.17) is 5.73 Å². The van der Waals surface area contributed by atoms with Crippen LogP contribution in [0, 0.1) is 0 Å². The molecule has 0 heterocycles. The molecule has 0 bridgehead atoms. The van der Waals surface area contributed by atoms with Crippen molar-refractivity contribution in [3.8, 4) is 0 Å². The van der Waals surface area contributed by atoms with Crippen molar-refractivity contribution in [1.29, 1.82) is 0 Å². The Morgan fingerprint density at radius 3 is 2.17 bits per heavy atom. The van der Waals surface area contributed by atoms with Crippen LogP contribution >= 0.6 is 7.41 Å². The van der Waals surface area contributed by atoms with Gasteiger partial charge >= 0.3 is 0 Å². The van der Waals surface area contributed by atoms with Crippen LogP contribution in [-0.2, 0) is 0 Å². The molecule has 3 nitrogen and oxygen atoms in total. The van der Waals surface area contributed by atoms with E-state index in [0.29, 0.717) is 5.78 Å². The average Bonchev–Trinajstić information content (AvgIpc) is 2.35. The van der Waals surface area contributed by atoms with Crippen LogP contribution < -0.4 is 16.1 Å². The third-order valence-corrected chi connectivity index (χ3v) is 7.02. The van der Waals surface area contributed by atoms with Crippen molar-refractivity contribution in [1.82, 2.24) is 10.4 Å². The molecule has 110 valence electrons. The summed E-state index contributed by atoms with van der Waals surface area (Å²) < 4.78 is 0. The highest BCUT2D eigenvalue weighted by Crippen LogP contribution is 2.53. The minimum atomic E-state index is -1.23. The highest BCUT2D eigenvalue weighted by molar-refractivity contribution is 7.73. The fourth-order valence-corrected chi connectivity index (χ4v) is 4.70. The molecule has 0 amide bonds. The van der Waals surface area contributed by atoms with Crippen LogP contribution in [-0.4, -0.2) is 31.8 Å². The zero-order chi connectivity index (χ0) is 13.9. The minimum absolute atomic E-state index is 0.341. The number of hydrogen-bond donors (Lipinski definition) is 3. The summed E-state index contributed by atoms with van der Waals surface area (Å²) in [5.74, 6) is 0.341. The van der Waals surface area contributed by atoms with Crippen molar-refractivity contribution < 1.29 is 0 Å². The summed E-state index contributed by atoms with van der Waals surface area (Å²) in [7, 11) is -1.23. The van der Waals surface area contributed by atoms with Gasteiger partial charge in [0.25, 0.3) is 0 Å². The van der Waals surface area contributed by atoms with Crippen LogP contribution in [0.2, 0.25) is 0 Å². The summed E-state index contributed by atoms with van der Waals surface area (Å²) in [6.07, 6.45) is 8.42. The van der Waals surface area contributed by atoms with Gasteiger partial charge in [-0.3, -0.25) is 11.1 Å². The molecule has 2 unspecified atom stereocenters. The van der Waals surface area contributed by atoms with E-state index < -0.39 is 7.41 Å². The molecular formula is C14H35N3P+. The van der Waals surface area contributed by atoms with Crippen LogP contribution in [0.1, 0.15) is 59.3 Å². The zero-order valence-electron chi connectivity index (χ0n) is 13.0. The lowest BCUT2D eigenvalue weighted by molar-refractivity contribution is 0.671. The van der Waals surface area contributed by atoms with E-state index in [1.165, 1.54) is 32.1 Å². The topological polar surface area (TPSA) is 50.1 Å². The highest BCUT2D eigenvalue weighted by Gasteiger charge is 2.37. The van der Waals surface area contributed by atoms with Gasteiger partial charge in [-0.15, -0.1) is 0 Å². The second-order valence-electron chi connectivity index (χ2n) is 5.40. The van der Waals surface area contributed by atoms with E-state index >= 15 is 0 Å². The molecule has 2 atom stereocenters. The van der Waals surface area contributed by atoms with Crippen molar-refractivity contribution in [2.75, 3.05) is 26.0 Å². The van der Waals surface area contributed by atoms with Gasteiger partial charge in [0.05, 0.1) is 6.66 Å². The van der Waals surface area contributed by atoms with Gasteiger partial charge in [-0.05, 0) is 25.8 Å². The summed E-state index contributed by atoms with van der Waals surface area (Å²) in [6, 6.07) is 0. The Hall–Kier alpha value is 0.310. The molecule has 0 rings (SSSR count). The second-order valence-corrected chi connectivity index (χ2v) is 9.23. The lowest BCUT2D eigenvalue weighted by Gasteiger charge is -2.29. The first-order valence-electron chi connectivity index (χ1n) is 7.67. The third-order valence-electron chi connectivity index (χ3n) is 3.47. The predicted octanol–water partition coefficient (Wildman–Crippen LogP) is 3.37. The Kier molecular flexibility index (Phi) is 11.4. The molecule has 0 aromatic carbocycles. The normalized spacial score (nSPS) is 16.5. The maximum atomic E-state index is 6.41. The Morgan fingerprint density at radius 1 is 1.00 bits per heavy atom. The third kappa shape index (κ3) is 7.68. The van der Waals surface area contributed by atoms with Crippen molar-refractivity contribution in [2.24, 2.45) is 5.73 Å². The molecule has 0 saturated carbocycles. The highest BCUT2D eigenvalue weighted by atomic mass is 31.2. The van der Waals surface area contributed by atoms with Crippen molar-refractivity contribution >= 4 is 7.41 Å². The van der Waals surface area contributed by atoms with Gasteiger partial charge in [0.15, 0.2) is 0 Å². The Labute approximate surface area is 115 Å². The van der Waals surface area contributed by atoms with E-state index in [-0.39, 0.29) is 0 Å². The molecule has 0 radical (unpaired) electrons. The molecule has 18 heavy (non-hydrogen) atoms. The number of hydrogen-bond acceptors (Lipinski definition) is 3. The van der Waals surface area contributed by atoms with Crippen LogP contribution in [0.4, 0.5) is 0 Å². The molecule has 0 saturated heterocycles. The van der Waals surface area contributed by atoms with E-state index in [1.54, 1.807) is 0 Å². The maximum absolute atomic E-state index is 6.41. The molecule has 0 aromatic heterocycles. The molecular weight excluding hydrogens is 241 g/mol. The number of nitrogens with one attached hydrogen (secondary N) is 2. The molecule has 0 aliphatic rings. The van der Waals surface area contributed by atoms with Gasteiger partial charge in [0.2, 0.25) is 0 Å². The standard InChI is InChI=1S/C14H35N3P/c1-5-8-11-16-13-18(4,14(15)10-7-3)17-12-9-6-2/h14,16-17H,5-13,15H2,1-4H3/q+1. The Balaban J connectivity index is 4.19. The number of unbranched alkanes of at least 4 members (excludes halogenated alkanes) is 2. The molecule has 0 aliphatic heterocycles. The Morgan fingerprint density at radius 2 is 1.61 bits per heavy atom. The van der Waals surface area contributed by atoms with Crippen molar-refractivity contribution in [3.05, 3.63) is 0 Å². The summed E-state index contributed by atoms with van der Waals surface area (Å²) in [4.78, 5) is 0. The summed E-state index contributed by atoms with van der Waals surface area (Å²) in [6.45, 7) is 11.3. The van der Waals surface area contributed by atoms with Gasteiger partial charge in [-0.25, -0.2) is 0 Å². The smallest absolute Gasteiger partial charge is 0.133 e. The van der Waals surface area contributed by atoms with E-state index in [0.717, 1.165) is 25.8 Å². The largest absolute Gasteiger partial charge is 0.295 e. The van der Waals surface area contributed by atoms with Gasteiger partial charge in [-0.1, -0.05) is 40.0 Å². The molecule has 0 fully saturated rings. The van der Waals surface area contributed by atoms with Crippen molar-refractivity contribution in [3.63, 3.8) is 0 Å².